The SMILES string of the molecule is CC1CN(S(=O)(=O)N2CCN(C(=O)C3(N)CCOCC3)CC2)CC(C)O1.Cl. The number of morpholine rings is 1. The summed E-state index contributed by atoms with van der Waals surface area (Å²) in [7, 11) is -3.54. The Bertz CT molecular complexity index is 610. The summed E-state index contributed by atoms with van der Waals surface area (Å²) < 4.78 is 39.7. The van der Waals surface area contributed by atoms with E-state index in [0.717, 1.165) is 0 Å². The molecule has 2 N–H and O–H groups in total. The Hall–Kier alpha value is -0.490. The fourth-order valence-corrected chi connectivity index (χ4v) is 5.62. The predicted molar refractivity (Wildman–Crippen MR) is 103 cm³/mol. The molecule has 9 nitrogen and oxygen atoms in total. The number of rotatable bonds is 3. The molecule has 158 valence electrons. The number of amides is 1. The molecule has 0 spiro atoms. The summed E-state index contributed by atoms with van der Waals surface area (Å²) in [6.07, 6.45) is 0.769. The molecule has 0 saturated carbocycles. The van der Waals surface area contributed by atoms with Crippen molar-refractivity contribution < 1.29 is 22.7 Å². The normalized spacial score (nSPS) is 30.6. The van der Waals surface area contributed by atoms with E-state index in [0.29, 0.717) is 65.3 Å². The maximum absolute atomic E-state index is 12.9. The number of hydrogen-bond donors (Lipinski definition) is 1. The third-order valence-corrected chi connectivity index (χ3v) is 7.34. The van der Waals surface area contributed by atoms with Gasteiger partial charge in [-0.25, -0.2) is 0 Å². The molecule has 0 aromatic heterocycles. The van der Waals surface area contributed by atoms with Gasteiger partial charge in [0.25, 0.3) is 10.2 Å². The van der Waals surface area contributed by atoms with Gasteiger partial charge in [0.2, 0.25) is 5.91 Å². The number of halogens is 1. The number of nitrogens with two attached hydrogens (primary N) is 1. The van der Waals surface area contributed by atoms with Crippen molar-refractivity contribution in [2.75, 3.05) is 52.5 Å². The zero-order valence-electron chi connectivity index (χ0n) is 16.0. The van der Waals surface area contributed by atoms with E-state index in [1.54, 1.807) is 4.90 Å². The highest BCUT2D eigenvalue weighted by atomic mass is 35.5. The van der Waals surface area contributed by atoms with Gasteiger partial charge in [-0.05, 0) is 26.7 Å². The van der Waals surface area contributed by atoms with Crippen molar-refractivity contribution in [3.63, 3.8) is 0 Å². The molecule has 0 aromatic rings. The monoisotopic (exact) mass is 426 g/mol. The lowest BCUT2D eigenvalue weighted by molar-refractivity contribution is -0.141. The fraction of sp³-hybridized carbons (Fsp3) is 0.938. The first-order valence-electron chi connectivity index (χ1n) is 9.29. The van der Waals surface area contributed by atoms with Crippen LogP contribution < -0.4 is 5.73 Å². The number of hydrogen-bond acceptors (Lipinski definition) is 6. The van der Waals surface area contributed by atoms with Crippen LogP contribution in [0.4, 0.5) is 0 Å². The number of carbonyl (C=O) groups excluding carboxylic acids is 1. The topological polar surface area (TPSA) is 105 Å². The van der Waals surface area contributed by atoms with Crippen LogP contribution in [0.3, 0.4) is 0 Å². The molecule has 2 atom stereocenters. The van der Waals surface area contributed by atoms with Crippen molar-refractivity contribution in [3.8, 4) is 0 Å². The van der Waals surface area contributed by atoms with Crippen LogP contribution in [0.1, 0.15) is 26.7 Å². The average Bonchev–Trinajstić information content (AvgIpc) is 2.61. The van der Waals surface area contributed by atoms with Gasteiger partial charge in [-0.2, -0.15) is 17.0 Å². The van der Waals surface area contributed by atoms with E-state index in [9.17, 15) is 13.2 Å². The highest BCUT2D eigenvalue weighted by Gasteiger charge is 2.42. The van der Waals surface area contributed by atoms with Crippen LogP contribution in [-0.4, -0.2) is 98.1 Å². The van der Waals surface area contributed by atoms with E-state index in [-0.39, 0.29) is 30.5 Å². The number of nitrogens with zero attached hydrogens (tertiary/aromatic N) is 3. The van der Waals surface area contributed by atoms with E-state index in [2.05, 4.69) is 0 Å². The molecule has 27 heavy (non-hydrogen) atoms. The smallest absolute Gasteiger partial charge is 0.282 e. The van der Waals surface area contributed by atoms with Crippen molar-refractivity contribution in [2.24, 2.45) is 5.73 Å². The third kappa shape index (κ3) is 4.92. The molecule has 2 unspecified atom stereocenters. The summed E-state index contributed by atoms with van der Waals surface area (Å²) in [6.45, 7) is 6.78. The molecule has 0 aliphatic carbocycles. The molecule has 3 saturated heterocycles. The second-order valence-corrected chi connectivity index (χ2v) is 9.47. The molecule has 3 heterocycles. The van der Waals surface area contributed by atoms with Gasteiger partial charge >= 0.3 is 0 Å². The molecular formula is C16H31ClN4O5S. The molecule has 3 fully saturated rings. The second kappa shape index (κ2) is 8.89. The molecule has 1 amide bonds. The van der Waals surface area contributed by atoms with Gasteiger partial charge in [-0.3, -0.25) is 4.79 Å². The summed E-state index contributed by atoms with van der Waals surface area (Å²) in [5, 5.41) is 0. The second-order valence-electron chi connectivity index (χ2n) is 7.54. The first-order valence-corrected chi connectivity index (χ1v) is 10.7. The zero-order chi connectivity index (χ0) is 18.9. The van der Waals surface area contributed by atoms with Gasteiger partial charge in [0.1, 0.15) is 0 Å². The Labute approximate surface area is 167 Å². The lowest BCUT2D eigenvalue weighted by Crippen LogP contribution is -2.63. The van der Waals surface area contributed by atoms with E-state index in [4.69, 9.17) is 15.2 Å². The van der Waals surface area contributed by atoms with Crippen LogP contribution in [0.5, 0.6) is 0 Å². The largest absolute Gasteiger partial charge is 0.381 e. The van der Waals surface area contributed by atoms with Crippen molar-refractivity contribution in [1.29, 1.82) is 0 Å². The maximum Gasteiger partial charge on any atom is 0.282 e. The van der Waals surface area contributed by atoms with Crippen LogP contribution in [0.25, 0.3) is 0 Å². The van der Waals surface area contributed by atoms with Crippen LogP contribution >= 0.6 is 12.4 Å². The van der Waals surface area contributed by atoms with Gasteiger partial charge in [0.15, 0.2) is 0 Å². The van der Waals surface area contributed by atoms with E-state index in [1.807, 2.05) is 13.8 Å². The van der Waals surface area contributed by atoms with Gasteiger partial charge in [0.05, 0.1) is 17.7 Å². The molecule has 0 radical (unpaired) electrons. The Kier molecular flexibility index (Phi) is 7.51. The molecule has 0 aromatic carbocycles. The standard InChI is InChI=1S/C16H30N4O5S.ClH/c1-13-11-20(12-14(2)25-13)26(22,23)19-7-5-18(6-8-19)15(21)16(17)3-9-24-10-4-16;/h13-14H,3-12,17H2,1-2H3;1H. The lowest BCUT2D eigenvalue weighted by atomic mass is 9.89. The summed E-state index contributed by atoms with van der Waals surface area (Å²) >= 11 is 0. The molecule has 3 aliphatic heterocycles. The minimum absolute atomic E-state index is 0. The summed E-state index contributed by atoms with van der Waals surface area (Å²) in [5.41, 5.74) is 5.40. The molecule has 0 bridgehead atoms. The zero-order valence-corrected chi connectivity index (χ0v) is 17.6. The summed E-state index contributed by atoms with van der Waals surface area (Å²) in [4.78, 5) is 14.5. The summed E-state index contributed by atoms with van der Waals surface area (Å²) in [6, 6.07) is 0. The average molecular weight is 427 g/mol. The first kappa shape index (κ1) is 22.8. The van der Waals surface area contributed by atoms with Gasteiger partial charge in [-0.15, -0.1) is 12.4 Å². The van der Waals surface area contributed by atoms with E-state index >= 15 is 0 Å². The molecular weight excluding hydrogens is 396 g/mol. The molecule has 3 rings (SSSR count). The summed E-state index contributed by atoms with van der Waals surface area (Å²) in [5.74, 6) is -0.0912. The Morgan fingerprint density at radius 3 is 2.04 bits per heavy atom. The van der Waals surface area contributed by atoms with Gasteiger partial charge in [0, 0.05) is 52.5 Å². The minimum Gasteiger partial charge on any atom is -0.381 e. The number of ether oxygens (including phenoxy) is 2. The maximum atomic E-state index is 12.9. The van der Waals surface area contributed by atoms with Crippen LogP contribution in [0.2, 0.25) is 0 Å². The van der Waals surface area contributed by atoms with Gasteiger partial charge < -0.3 is 20.1 Å². The Balaban J connectivity index is 0.00000261. The van der Waals surface area contributed by atoms with Crippen molar-refractivity contribution >= 4 is 28.5 Å². The van der Waals surface area contributed by atoms with Crippen LogP contribution in [0, 0.1) is 0 Å². The van der Waals surface area contributed by atoms with Crippen molar-refractivity contribution in [1.82, 2.24) is 13.5 Å². The van der Waals surface area contributed by atoms with Crippen molar-refractivity contribution in [3.05, 3.63) is 0 Å². The molecule has 11 heteroatoms. The quantitative estimate of drug-likeness (QED) is 0.647. The minimum atomic E-state index is -3.54. The number of piperazine rings is 1. The van der Waals surface area contributed by atoms with Gasteiger partial charge in [-0.1, -0.05) is 0 Å². The lowest BCUT2D eigenvalue weighted by Gasteiger charge is -2.42. The highest BCUT2D eigenvalue weighted by Crippen LogP contribution is 2.23. The van der Waals surface area contributed by atoms with E-state index in [1.165, 1.54) is 8.61 Å². The third-order valence-electron chi connectivity index (χ3n) is 5.38. The Morgan fingerprint density at radius 1 is 1.00 bits per heavy atom. The number of carbonyl (C=O) groups is 1. The fourth-order valence-electron chi connectivity index (χ4n) is 3.87. The highest BCUT2D eigenvalue weighted by molar-refractivity contribution is 7.86. The Morgan fingerprint density at radius 2 is 1.52 bits per heavy atom. The van der Waals surface area contributed by atoms with Crippen LogP contribution in [-0.2, 0) is 24.5 Å². The first-order chi connectivity index (χ1) is 12.2. The molecule has 3 aliphatic rings. The predicted octanol–water partition coefficient (Wildman–Crippen LogP) is -0.586. The van der Waals surface area contributed by atoms with Crippen LogP contribution in [0.15, 0.2) is 0 Å². The van der Waals surface area contributed by atoms with E-state index < -0.39 is 15.7 Å². The van der Waals surface area contributed by atoms with Crippen molar-refractivity contribution in [2.45, 2.75) is 44.4 Å².